The molecular formula is C27H40IN5O. The molecule has 2 aromatic carbocycles. The van der Waals surface area contributed by atoms with E-state index < -0.39 is 0 Å². The van der Waals surface area contributed by atoms with Crippen LogP contribution in [0.15, 0.2) is 59.6 Å². The second-order valence-electron chi connectivity index (χ2n) is 9.23. The Hall–Kier alpha value is -2.13. The Morgan fingerprint density at radius 2 is 1.76 bits per heavy atom. The molecule has 0 aromatic heterocycles. The van der Waals surface area contributed by atoms with Gasteiger partial charge in [0.2, 0.25) is 5.91 Å². The highest BCUT2D eigenvalue weighted by Crippen LogP contribution is 2.18. The van der Waals surface area contributed by atoms with Crippen molar-refractivity contribution in [1.82, 2.24) is 20.4 Å². The van der Waals surface area contributed by atoms with E-state index in [1.165, 1.54) is 16.7 Å². The van der Waals surface area contributed by atoms with Crippen molar-refractivity contribution >= 4 is 35.8 Å². The number of halogens is 1. The molecule has 0 saturated carbocycles. The van der Waals surface area contributed by atoms with Gasteiger partial charge in [-0.05, 0) is 44.0 Å². The Labute approximate surface area is 222 Å². The lowest BCUT2D eigenvalue weighted by Gasteiger charge is -2.23. The van der Waals surface area contributed by atoms with Crippen LogP contribution in [0.5, 0.6) is 0 Å². The molecule has 1 amide bonds. The molecule has 7 heteroatoms. The number of amides is 1. The van der Waals surface area contributed by atoms with E-state index >= 15 is 0 Å². The SMILES string of the molecule is CN=C(NCc1ccccc1CN(C)C(C)C)NCC1CC(=O)N(CCc2ccccc2)C1.I. The third-order valence-electron chi connectivity index (χ3n) is 6.46. The van der Waals surface area contributed by atoms with Crippen LogP contribution >= 0.6 is 24.0 Å². The number of aliphatic imine (C=N–C) groups is 1. The molecule has 0 bridgehead atoms. The number of carbonyl (C=O) groups excluding carboxylic acids is 1. The average molecular weight is 578 g/mol. The van der Waals surface area contributed by atoms with Crippen LogP contribution in [-0.4, -0.2) is 61.4 Å². The molecule has 1 fully saturated rings. The Balaban J connectivity index is 0.00000408. The van der Waals surface area contributed by atoms with Crippen molar-refractivity contribution in [3.63, 3.8) is 0 Å². The minimum atomic E-state index is 0. The van der Waals surface area contributed by atoms with Crippen molar-refractivity contribution in [3.8, 4) is 0 Å². The first-order valence-electron chi connectivity index (χ1n) is 12.0. The number of hydrogen-bond acceptors (Lipinski definition) is 3. The molecule has 0 radical (unpaired) electrons. The molecule has 34 heavy (non-hydrogen) atoms. The maximum atomic E-state index is 12.5. The molecule has 6 nitrogen and oxygen atoms in total. The third kappa shape index (κ3) is 8.58. The van der Waals surface area contributed by atoms with Crippen molar-refractivity contribution in [2.75, 3.05) is 33.7 Å². The number of rotatable bonds is 10. The topological polar surface area (TPSA) is 60.0 Å². The Morgan fingerprint density at radius 1 is 1.09 bits per heavy atom. The summed E-state index contributed by atoms with van der Waals surface area (Å²) < 4.78 is 0. The summed E-state index contributed by atoms with van der Waals surface area (Å²) in [5.41, 5.74) is 3.87. The van der Waals surface area contributed by atoms with Gasteiger partial charge in [0.1, 0.15) is 0 Å². The van der Waals surface area contributed by atoms with E-state index in [0.717, 1.165) is 38.6 Å². The first kappa shape index (κ1) is 28.1. The Morgan fingerprint density at radius 3 is 2.44 bits per heavy atom. The summed E-state index contributed by atoms with van der Waals surface area (Å²) in [5.74, 6) is 1.33. The number of nitrogens with one attached hydrogen (secondary N) is 2. The predicted octanol–water partition coefficient (Wildman–Crippen LogP) is 3.90. The van der Waals surface area contributed by atoms with Crippen LogP contribution in [0.1, 0.15) is 37.0 Å². The molecule has 0 spiro atoms. The van der Waals surface area contributed by atoms with E-state index in [0.29, 0.717) is 24.9 Å². The van der Waals surface area contributed by atoms with Gasteiger partial charge in [0, 0.05) is 58.2 Å². The largest absolute Gasteiger partial charge is 0.356 e. The molecule has 3 rings (SSSR count). The minimum Gasteiger partial charge on any atom is -0.356 e. The van der Waals surface area contributed by atoms with E-state index in [2.05, 4.69) is 77.8 Å². The maximum absolute atomic E-state index is 12.5. The fourth-order valence-electron chi connectivity index (χ4n) is 4.09. The average Bonchev–Trinajstić information content (AvgIpc) is 3.18. The summed E-state index contributed by atoms with van der Waals surface area (Å²) in [6.45, 7) is 8.39. The molecule has 2 N–H and O–H groups in total. The normalized spacial score (nSPS) is 16.2. The fourth-order valence-corrected chi connectivity index (χ4v) is 4.09. The van der Waals surface area contributed by atoms with Crippen LogP contribution in [0.2, 0.25) is 0 Å². The lowest BCUT2D eigenvalue weighted by molar-refractivity contribution is -0.127. The Kier molecular flexibility index (Phi) is 11.8. The molecule has 1 aliphatic rings. The molecular weight excluding hydrogens is 537 g/mol. The number of likely N-dealkylation sites (tertiary alicyclic amines) is 1. The molecule has 1 atom stereocenters. The first-order chi connectivity index (χ1) is 16.0. The first-order valence-corrected chi connectivity index (χ1v) is 12.0. The monoisotopic (exact) mass is 577 g/mol. The van der Waals surface area contributed by atoms with E-state index in [4.69, 9.17) is 0 Å². The van der Waals surface area contributed by atoms with E-state index in [1.54, 1.807) is 7.05 Å². The summed E-state index contributed by atoms with van der Waals surface area (Å²) in [5, 5.41) is 6.87. The zero-order valence-electron chi connectivity index (χ0n) is 21.0. The molecule has 186 valence electrons. The van der Waals surface area contributed by atoms with Crippen LogP contribution in [-0.2, 0) is 24.3 Å². The minimum absolute atomic E-state index is 0. The van der Waals surface area contributed by atoms with Crippen LogP contribution < -0.4 is 10.6 Å². The zero-order chi connectivity index (χ0) is 23.6. The van der Waals surface area contributed by atoms with Gasteiger partial charge in [-0.1, -0.05) is 54.6 Å². The fraction of sp³-hybridized carbons (Fsp3) is 0.481. The van der Waals surface area contributed by atoms with Gasteiger partial charge in [-0.3, -0.25) is 14.7 Å². The van der Waals surface area contributed by atoms with E-state index in [1.807, 2.05) is 23.1 Å². The molecule has 1 saturated heterocycles. The zero-order valence-corrected chi connectivity index (χ0v) is 23.3. The van der Waals surface area contributed by atoms with Crippen molar-refractivity contribution < 1.29 is 4.79 Å². The van der Waals surface area contributed by atoms with Gasteiger partial charge < -0.3 is 15.5 Å². The van der Waals surface area contributed by atoms with Crippen LogP contribution in [0.3, 0.4) is 0 Å². The molecule has 0 aliphatic carbocycles. The second-order valence-corrected chi connectivity index (χ2v) is 9.23. The summed E-state index contributed by atoms with van der Waals surface area (Å²) >= 11 is 0. The van der Waals surface area contributed by atoms with Crippen LogP contribution in [0.4, 0.5) is 0 Å². The van der Waals surface area contributed by atoms with Gasteiger partial charge in [0.15, 0.2) is 5.96 Å². The molecule has 1 aliphatic heterocycles. The van der Waals surface area contributed by atoms with Gasteiger partial charge in [-0.15, -0.1) is 24.0 Å². The summed E-state index contributed by atoms with van der Waals surface area (Å²) in [7, 11) is 3.95. The maximum Gasteiger partial charge on any atom is 0.223 e. The van der Waals surface area contributed by atoms with Gasteiger partial charge in [-0.25, -0.2) is 0 Å². The van der Waals surface area contributed by atoms with Gasteiger partial charge >= 0.3 is 0 Å². The summed E-state index contributed by atoms with van der Waals surface area (Å²) in [6.07, 6.45) is 1.50. The molecule has 2 aromatic rings. The number of nitrogens with zero attached hydrogens (tertiary/aromatic N) is 3. The highest BCUT2D eigenvalue weighted by atomic mass is 127. The standard InChI is InChI=1S/C27H39N5O.HI/c1-21(2)31(4)20-25-13-9-8-12-24(25)18-30-27(28-3)29-17-23-16-26(33)32(19-23)15-14-22-10-6-5-7-11-22;/h5-13,21,23H,14-20H2,1-4H3,(H2,28,29,30);1H. The highest BCUT2D eigenvalue weighted by Gasteiger charge is 2.29. The quantitative estimate of drug-likeness (QED) is 0.256. The number of hydrogen-bond donors (Lipinski definition) is 2. The van der Waals surface area contributed by atoms with E-state index in [9.17, 15) is 4.79 Å². The third-order valence-corrected chi connectivity index (χ3v) is 6.46. The van der Waals surface area contributed by atoms with Crippen molar-refractivity contribution in [1.29, 1.82) is 0 Å². The summed E-state index contributed by atoms with van der Waals surface area (Å²) in [6, 6.07) is 19.4. The Bertz CT molecular complexity index is 918. The second kappa shape index (κ2) is 14.3. The number of guanidine groups is 1. The van der Waals surface area contributed by atoms with Crippen molar-refractivity contribution in [3.05, 3.63) is 71.3 Å². The molecule has 1 unspecified atom stereocenters. The highest BCUT2D eigenvalue weighted by molar-refractivity contribution is 14.0. The lowest BCUT2D eigenvalue weighted by Crippen LogP contribution is -2.40. The summed E-state index contributed by atoms with van der Waals surface area (Å²) in [4.78, 5) is 21.2. The number of benzene rings is 2. The van der Waals surface area contributed by atoms with Gasteiger partial charge in [-0.2, -0.15) is 0 Å². The smallest absolute Gasteiger partial charge is 0.223 e. The van der Waals surface area contributed by atoms with Crippen LogP contribution in [0, 0.1) is 5.92 Å². The lowest BCUT2D eigenvalue weighted by atomic mass is 10.1. The van der Waals surface area contributed by atoms with Crippen LogP contribution in [0.25, 0.3) is 0 Å². The van der Waals surface area contributed by atoms with Gasteiger partial charge in [0.25, 0.3) is 0 Å². The van der Waals surface area contributed by atoms with E-state index in [-0.39, 0.29) is 29.9 Å². The predicted molar refractivity (Wildman–Crippen MR) is 151 cm³/mol. The number of carbonyl (C=O) groups is 1. The van der Waals surface area contributed by atoms with Crippen molar-refractivity contribution in [2.45, 2.75) is 45.8 Å². The molecule has 1 heterocycles. The van der Waals surface area contributed by atoms with Gasteiger partial charge in [0.05, 0.1) is 0 Å². The van der Waals surface area contributed by atoms with Crippen molar-refractivity contribution in [2.24, 2.45) is 10.9 Å².